The van der Waals surface area contributed by atoms with Crippen molar-refractivity contribution in [1.29, 1.82) is 0 Å². The van der Waals surface area contributed by atoms with Crippen molar-refractivity contribution in [3.8, 4) is 0 Å². The highest BCUT2D eigenvalue weighted by Crippen LogP contribution is 2.22. The molecule has 1 aliphatic heterocycles. The van der Waals surface area contributed by atoms with Gasteiger partial charge in [-0.3, -0.25) is 9.59 Å². The topological polar surface area (TPSA) is 82.1 Å². The number of hydrogen-bond donors (Lipinski definition) is 0. The van der Waals surface area contributed by atoms with Crippen LogP contribution >= 0.6 is 0 Å². The molecule has 2 amide bonds. The maximum Gasteiger partial charge on any atom is 0.361 e. The van der Waals surface area contributed by atoms with E-state index in [1.165, 1.54) is 19.1 Å². The minimum Gasteiger partial charge on any atom is -0.379 e. The fourth-order valence-corrected chi connectivity index (χ4v) is 1.91. The molecule has 2 rings (SSSR count). The van der Waals surface area contributed by atoms with Crippen LogP contribution in [0.25, 0.3) is 0 Å². The van der Waals surface area contributed by atoms with Gasteiger partial charge >= 0.3 is 5.97 Å². The average molecular weight is 307 g/mol. The highest BCUT2D eigenvalue weighted by atomic mass is 16.7. The quantitative estimate of drug-likeness (QED) is 0.556. The molecule has 0 aliphatic carbocycles. The van der Waals surface area contributed by atoms with Crippen molar-refractivity contribution in [3.05, 3.63) is 35.4 Å². The largest absolute Gasteiger partial charge is 0.379 e. The van der Waals surface area contributed by atoms with E-state index in [1.54, 1.807) is 12.1 Å². The van der Waals surface area contributed by atoms with E-state index in [0.29, 0.717) is 18.3 Å². The van der Waals surface area contributed by atoms with E-state index in [4.69, 9.17) is 14.3 Å². The molecule has 0 saturated carbocycles. The molecule has 0 N–H and O–H groups in total. The molecule has 22 heavy (non-hydrogen) atoms. The van der Waals surface area contributed by atoms with Gasteiger partial charge in [-0.25, -0.2) is 4.79 Å². The lowest BCUT2D eigenvalue weighted by molar-refractivity contribution is -0.181. The first kappa shape index (κ1) is 16.1. The lowest BCUT2D eigenvalue weighted by Crippen LogP contribution is -2.37. The van der Waals surface area contributed by atoms with E-state index in [9.17, 15) is 14.4 Å². The van der Waals surface area contributed by atoms with Crippen LogP contribution in [0.4, 0.5) is 0 Å². The number of nitrogens with zero attached hydrogens (tertiary/aromatic N) is 1. The molecular formula is C15H17NO6. The molecule has 1 aromatic carbocycles. The van der Waals surface area contributed by atoms with Crippen molar-refractivity contribution in [1.82, 2.24) is 5.06 Å². The van der Waals surface area contributed by atoms with Gasteiger partial charge in [-0.05, 0) is 26.0 Å². The highest BCUT2D eigenvalue weighted by Gasteiger charge is 2.39. The number of amides is 2. The molecule has 0 bridgehead atoms. The fourth-order valence-electron chi connectivity index (χ4n) is 1.91. The summed E-state index contributed by atoms with van der Waals surface area (Å²) in [5.74, 6) is -2.13. The molecule has 0 radical (unpaired) electrons. The lowest BCUT2D eigenvalue weighted by Gasteiger charge is -2.16. The first-order chi connectivity index (χ1) is 10.6. The van der Waals surface area contributed by atoms with Gasteiger partial charge in [0.25, 0.3) is 11.8 Å². The number of imide groups is 1. The Morgan fingerprint density at radius 3 is 2.27 bits per heavy atom. The van der Waals surface area contributed by atoms with E-state index < -0.39 is 23.9 Å². The number of carbonyl (C=O) groups is 3. The summed E-state index contributed by atoms with van der Waals surface area (Å²) in [5, 5.41) is 0.468. The summed E-state index contributed by atoms with van der Waals surface area (Å²) in [6.45, 7) is 4.44. The summed E-state index contributed by atoms with van der Waals surface area (Å²) < 4.78 is 10.3. The fraction of sp³-hybridized carbons (Fsp3) is 0.400. The second-order valence-corrected chi connectivity index (χ2v) is 4.57. The first-order valence-corrected chi connectivity index (χ1v) is 6.95. The van der Waals surface area contributed by atoms with Gasteiger partial charge in [-0.1, -0.05) is 17.2 Å². The van der Waals surface area contributed by atoms with Crippen LogP contribution < -0.4 is 0 Å². The van der Waals surface area contributed by atoms with Crippen LogP contribution in [0.15, 0.2) is 24.3 Å². The SMILES string of the molecule is CCOCCOC(C)C(=O)ON1C(=O)c2ccccc2C1=O. The number of ether oxygens (including phenoxy) is 2. The van der Waals surface area contributed by atoms with Gasteiger partial charge in [0.1, 0.15) is 0 Å². The second kappa shape index (κ2) is 7.15. The van der Waals surface area contributed by atoms with Crippen LogP contribution in [0.5, 0.6) is 0 Å². The second-order valence-electron chi connectivity index (χ2n) is 4.57. The van der Waals surface area contributed by atoms with E-state index in [1.807, 2.05) is 6.92 Å². The average Bonchev–Trinajstić information content (AvgIpc) is 2.77. The van der Waals surface area contributed by atoms with Crippen molar-refractivity contribution in [2.75, 3.05) is 19.8 Å². The standard InChI is InChI=1S/C15H17NO6/c1-3-20-8-9-21-10(2)15(19)22-16-13(17)11-6-4-5-7-12(11)14(16)18/h4-7,10H,3,8-9H2,1-2H3. The lowest BCUT2D eigenvalue weighted by atomic mass is 10.1. The molecule has 7 heteroatoms. The maximum absolute atomic E-state index is 12.0. The van der Waals surface area contributed by atoms with E-state index in [0.717, 1.165) is 0 Å². The van der Waals surface area contributed by atoms with Crippen LogP contribution in [-0.4, -0.2) is 48.8 Å². The number of rotatable bonds is 7. The summed E-state index contributed by atoms with van der Waals surface area (Å²) in [5.41, 5.74) is 0.426. The van der Waals surface area contributed by atoms with Gasteiger partial charge in [-0.15, -0.1) is 0 Å². The summed E-state index contributed by atoms with van der Waals surface area (Å²) in [6, 6.07) is 6.28. The van der Waals surface area contributed by atoms with Crippen LogP contribution in [0, 0.1) is 0 Å². The molecule has 0 fully saturated rings. The summed E-state index contributed by atoms with van der Waals surface area (Å²) in [7, 11) is 0. The van der Waals surface area contributed by atoms with Crippen molar-refractivity contribution >= 4 is 17.8 Å². The highest BCUT2D eigenvalue weighted by molar-refractivity contribution is 6.20. The van der Waals surface area contributed by atoms with Gasteiger partial charge in [0.05, 0.1) is 24.3 Å². The molecule has 7 nitrogen and oxygen atoms in total. The Balaban J connectivity index is 1.93. The number of hydroxylamine groups is 2. The van der Waals surface area contributed by atoms with Crippen LogP contribution in [0.3, 0.4) is 0 Å². The molecule has 0 saturated heterocycles. The number of fused-ring (bicyclic) bond motifs is 1. The zero-order valence-electron chi connectivity index (χ0n) is 12.4. The molecule has 118 valence electrons. The van der Waals surface area contributed by atoms with Gasteiger partial charge < -0.3 is 14.3 Å². The third kappa shape index (κ3) is 3.32. The van der Waals surface area contributed by atoms with Crippen LogP contribution in [-0.2, 0) is 19.1 Å². The molecule has 0 aromatic heterocycles. The molecule has 0 spiro atoms. The Kier molecular flexibility index (Phi) is 5.24. The Morgan fingerprint density at radius 1 is 1.14 bits per heavy atom. The minimum atomic E-state index is -0.912. The smallest absolute Gasteiger partial charge is 0.361 e. The Bertz CT molecular complexity index is 550. The summed E-state index contributed by atoms with van der Waals surface area (Å²) in [6.07, 6.45) is -0.912. The summed E-state index contributed by atoms with van der Waals surface area (Å²) in [4.78, 5) is 40.8. The Labute approximate surface area is 127 Å². The van der Waals surface area contributed by atoms with Crippen molar-refractivity contribution in [3.63, 3.8) is 0 Å². The molecule has 1 atom stereocenters. The zero-order valence-corrected chi connectivity index (χ0v) is 12.4. The van der Waals surface area contributed by atoms with E-state index in [-0.39, 0.29) is 17.7 Å². The third-order valence-corrected chi connectivity index (χ3v) is 3.07. The Hall–Kier alpha value is -2.25. The van der Waals surface area contributed by atoms with Crippen molar-refractivity contribution < 1.29 is 28.7 Å². The molecular weight excluding hydrogens is 290 g/mol. The van der Waals surface area contributed by atoms with Crippen LogP contribution in [0.2, 0.25) is 0 Å². The first-order valence-electron chi connectivity index (χ1n) is 6.95. The summed E-state index contributed by atoms with van der Waals surface area (Å²) >= 11 is 0. The molecule has 1 aromatic rings. The molecule has 1 heterocycles. The third-order valence-electron chi connectivity index (χ3n) is 3.07. The Morgan fingerprint density at radius 2 is 1.73 bits per heavy atom. The van der Waals surface area contributed by atoms with Crippen LogP contribution in [0.1, 0.15) is 34.6 Å². The van der Waals surface area contributed by atoms with Crippen molar-refractivity contribution in [2.24, 2.45) is 0 Å². The normalized spacial score (nSPS) is 14.9. The molecule has 1 unspecified atom stereocenters. The number of hydrogen-bond acceptors (Lipinski definition) is 6. The molecule has 1 aliphatic rings. The zero-order chi connectivity index (χ0) is 16.1. The van der Waals surface area contributed by atoms with Crippen molar-refractivity contribution in [2.45, 2.75) is 20.0 Å². The number of benzene rings is 1. The van der Waals surface area contributed by atoms with Gasteiger partial charge in [0.15, 0.2) is 6.10 Å². The van der Waals surface area contributed by atoms with Gasteiger partial charge in [0, 0.05) is 6.61 Å². The predicted molar refractivity (Wildman–Crippen MR) is 74.9 cm³/mol. The van der Waals surface area contributed by atoms with E-state index >= 15 is 0 Å². The monoisotopic (exact) mass is 307 g/mol. The van der Waals surface area contributed by atoms with E-state index in [2.05, 4.69) is 0 Å². The maximum atomic E-state index is 12.0. The van der Waals surface area contributed by atoms with Gasteiger partial charge in [-0.2, -0.15) is 0 Å². The predicted octanol–water partition coefficient (Wildman–Crippen LogP) is 1.18. The van der Waals surface area contributed by atoms with Gasteiger partial charge in [0.2, 0.25) is 0 Å². The number of carbonyl (C=O) groups excluding carboxylic acids is 3. The minimum absolute atomic E-state index is 0.213.